The molecule has 0 aromatic heterocycles. The van der Waals surface area contributed by atoms with Crippen LogP contribution in [-0.4, -0.2) is 43.8 Å². The lowest BCUT2D eigenvalue weighted by Crippen LogP contribution is -2.52. The van der Waals surface area contributed by atoms with Crippen LogP contribution in [0.4, 0.5) is 5.69 Å². The standard InChI is InChI=1S/C29H30Cl3N3O4S/c1-20(29(37)33-22-8-5-6-9-22)34(18-25-26(31)12-7-13-27(25)32)28(36)19-35(23-10-3-2-4-11-23)40(38,39)24-16-14-21(30)15-17-24/h2-4,7,10-17,20,22H,5-6,8-9,18-19H2,1H3,(H,33,37)/t20-/m1/s1. The van der Waals surface area contributed by atoms with E-state index in [0.717, 1.165) is 30.0 Å². The van der Waals surface area contributed by atoms with Crippen molar-refractivity contribution in [2.75, 3.05) is 10.8 Å². The van der Waals surface area contributed by atoms with Crippen LogP contribution in [0, 0.1) is 0 Å². The third-order valence-corrected chi connectivity index (χ3v) is 9.73. The fourth-order valence-electron chi connectivity index (χ4n) is 4.69. The summed E-state index contributed by atoms with van der Waals surface area (Å²) < 4.78 is 28.6. The second-order valence-electron chi connectivity index (χ2n) is 9.69. The van der Waals surface area contributed by atoms with Gasteiger partial charge in [-0.05, 0) is 68.3 Å². The maximum Gasteiger partial charge on any atom is 0.264 e. The molecule has 1 N–H and O–H groups in total. The fourth-order valence-corrected chi connectivity index (χ4v) is 6.74. The van der Waals surface area contributed by atoms with Crippen molar-refractivity contribution in [2.45, 2.75) is 56.1 Å². The van der Waals surface area contributed by atoms with Crippen LogP contribution in [0.15, 0.2) is 77.7 Å². The predicted molar refractivity (Wildman–Crippen MR) is 159 cm³/mol. The summed E-state index contributed by atoms with van der Waals surface area (Å²) in [6.45, 7) is 0.978. The Balaban J connectivity index is 1.69. The zero-order chi connectivity index (χ0) is 28.9. The minimum atomic E-state index is -4.18. The summed E-state index contributed by atoms with van der Waals surface area (Å²) in [6.07, 6.45) is 3.82. The van der Waals surface area contributed by atoms with Crippen LogP contribution in [-0.2, 0) is 26.2 Å². The lowest BCUT2D eigenvalue weighted by atomic mass is 10.1. The van der Waals surface area contributed by atoms with Crippen LogP contribution in [0.5, 0.6) is 0 Å². The van der Waals surface area contributed by atoms with Gasteiger partial charge in [0.1, 0.15) is 12.6 Å². The number of sulfonamides is 1. The summed E-state index contributed by atoms with van der Waals surface area (Å²) in [5, 5.41) is 4.08. The Hall–Kier alpha value is -2.78. The van der Waals surface area contributed by atoms with Gasteiger partial charge in [-0.1, -0.05) is 71.9 Å². The van der Waals surface area contributed by atoms with Gasteiger partial charge in [0.15, 0.2) is 0 Å². The quantitative estimate of drug-likeness (QED) is 0.287. The lowest BCUT2D eigenvalue weighted by Gasteiger charge is -2.33. The zero-order valence-corrected chi connectivity index (χ0v) is 25.0. The molecule has 40 heavy (non-hydrogen) atoms. The summed E-state index contributed by atoms with van der Waals surface area (Å²) in [6, 6.07) is 18.1. The number of benzene rings is 3. The molecule has 0 heterocycles. The van der Waals surface area contributed by atoms with Crippen LogP contribution in [0.1, 0.15) is 38.2 Å². The van der Waals surface area contributed by atoms with E-state index in [2.05, 4.69) is 5.32 Å². The van der Waals surface area contributed by atoms with Crippen LogP contribution in [0.25, 0.3) is 0 Å². The maximum absolute atomic E-state index is 14.0. The molecule has 1 aliphatic rings. The molecule has 7 nitrogen and oxygen atoms in total. The molecule has 3 aromatic rings. The molecule has 0 aliphatic heterocycles. The molecule has 1 atom stereocenters. The first kappa shape index (κ1) is 30.2. The highest BCUT2D eigenvalue weighted by Crippen LogP contribution is 2.29. The largest absolute Gasteiger partial charge is 0.352 e. The second-order valence-corrected chi connectivity index (χ2v) is 12.8. The molecule has 1 saturated carbocycles. The van der Waals surface area contributed by atoms with Crippen molar-refractivity contribution in [2.24, 2.45) is 0 Å². The molecule has 0 spiro atoms. The van der Waals surface area contributed by atoms with Gasteiger partial charge in [0, 0.05) is 33.2 Å². The summed E-state index contributed by atoms with van der Waals surface area (Å²) in [7, 11) is -4.18. The molecule has 2 amide bonds. The zero-order valence-electron chi connectivity index (χ0n) is 21.9. The number of halogens is 3. The number of hydrogen-bond donors (Lipinski definition) is 1. The van der Waals surface area contributed by atoms with E-state index in [-0.39, 0.29) is 23.4 Å². The van der Waals surface area contributed by atoms with Gasteiger partial charge in [-0.25, -0.2) is 8.42 Å². The smallest absolute Gasteiger partial charge is 0.264 e. The summed E-state index contributed by atoms with van der Waals surface area (Å²) >= 11 is 18.8. The Morgan fingerprint density at radius 2 is 1.50 bits per heavy atom. The molecule has 0 saturated heterocycles. The van der Waals surface area contributed by atoms with Gasteiger partial charge in [-0.15, -0.1) is 0 Å². The minimum absolute atomic E-state index is 0.0266. The Labute approximate surface area is 250 Å². The monoisotopic (exact) mass is 621 g/mol. The Kier molecular flexibility index (Phi) is 10.0. The first-order valence-electron chi connectivity index (χ1n) is 12.9. The fraction of sp³-hybridized carbons (Fsp3) is 0.310. The van der Waals surface area contributed by atoms with Crippen molar-refractivity contribution in [3.8, 4) is 0 Å². The van der Waals surface area contributed by atoms with Gasteiger partial charge in [-0.3, -0.25) is 13.9 Å². The van der Waals surface area contributed by atoms with E-state index in [0.29, 0.717) is 26.3 Å². The van der Waals surface area contributed by atoms with Crippen LogP contribution >= 0.6 is 34.8 Å². The van der Waals surface area contributed by atoms with Gasteiger partial charge >= 0.3 is 0 Å². The van der Waals surface area contributed by atoms with Crippen molar-refractivity contribution in [3.05, 3.63) is 93.4 Å². The molecule has 4 rings (SSSR count). The van der Waals surface area contributed by atoms with Crippen molar-refractivity contribution in [1.82, 2.24) is 10.2 Å². The highest BCUT2D eigenvalue weighted by Gasteiger charge is 2.34. The number of para-hydroxylation sites is 1. The predicted octanol–water partition coefficient (Wildman–Crippen LogP) is 6.32. The van der Waals surface area contributed by atoms with E-state index in [1.165, 1.54) is 29.2 Å². The van der Waals surface area contributed by atoms with E-state index in [4.69, 9.17) is 34.8 Å². The molecule has 0 radical (unpaired) electrons. The van der Waals surface area contributed by atoms with Crippen LogP contribution in [0.2, 0.25) is 15.1 Å². The van der Waals surface area contributed by atoms with Gasteiger partial charge in [0.05, 0.1) is 10.6 Å². The van der Waals surface area contributed by atoms with E-state index >= 15 is 0 Å². The number of carbonyl (C=O) groups excluding carboxylic acids is 2. The van der Waals surface area contributed by atoms with Crippen LogP contribution in [0.3, 0.4) is 0 Å². The topological polar surface area (TPSA) is 86.8 Å². The second kappa shape index (κ2) is 13.3. The maximum atomic E-state index is 14.0. The minimum Gasteiger partial charge on any atom is -0.352 e. The SMILES string of the molecule is C[C@H](C(=O)NC1CCCC1)N(Cc1c(Cl)cccc1Cl)C(=O)CN(c1ccccc1)S(=O)(=O)c1ccc(Cl)cc1. The van der Waals surface area contributed by atoms with Crippen molar-refractivity contribution >= 4 is 62.3 Å². The Bertz CT molecular complexity index is 1430. The number of nitrogens with zero attached hydrogens (tertiary/aromatic N) is 2. The van der Waals surface area contributed by atoms with Gasteiger partial charge < -0.3 is 10.2 Å². The first-order chi connectivity index (χ1) is 19.1. The average molecular weight is 623 g/mol. The average Bonchev–Trinajstić information content (AvgIpc) is 3.45. The highest BCUT2D eigenvalue weighted by atomic mass is 35.5. The lowest BCUT2D eigenvalue weighted by molar-refractivity contribution is -0.139. The molecule has 1 aliphatic carbocycles. The molecular formula is C29H30Cl3N3O4S. The third kappa shape index (κ3) is 7.10. The van der Waals surface area contributed by atoms with Crippen LogP contribution < -0.4 is 9.62 Å². The van der Waals surface area contributed by atoms with Crippen molar-refractivity contribution in [1.29, 1.82) is 0 Å². The van der Waals surface area contributed by atoms with E-state index < -0.39 is 28.5 Å². The Morgan fingerprint density at radius 1 is 0.900 bits per heavy atom. The summed E-state index contributed by atoms with van der Waals surface area (Å²) in [4.78, 5) is 28.6. The van der Waals surface area contributed by atoms with E-state index in [1.54, 1.807) is 55.5 Å². The number of anilines is 1. The molecular weight excluding hydrogens is 593 g/mol. The van der Waals surface area contributed by atoms with Gasteiger partial charge in [0.25, 0.3) is 10.0 Å². The molecule has 0 bridgehead atoms. The molecule has 212 valence electrons. The summed E-state index contributed by atoms with van der Waals surface area (Å²) in [5.74, 6) is -0.915. The number of nitrogens with one attached hydrogen (secondary N) is 1. The van der Waals surface area contributed by atoms with E-state index in [9.17, 15) is 18.0 Å². The number of amides is 2. The van der Waals surface area contributed by atoms with Crippen molar-refractivity contribution < 1.29 is 18.0 Å². The van der Waals surface area contributed by atoms with Gasteiger partial charge in [-0.2, -0.15) is 0 Å². The van der Waals surface area contributed by atoms with Gasteiger partial charge in [0.2, 0.25) is 11.8 Å². The number of hydrogen-bond acceptors (Lipinski definition) is 4. The first-order valence-corrected chi connectivity index (χ1v) is 15.5. The normalized spacial score (nSPS) is 14.5. The van der Waals surface area contributed by atoms with E-state index in [1.807, 2.05) is 0 Å². The third-order valence-electron chi connectivity index (χ3n) is 6.98. The molecule has 0 unspecified atom stereocenters. The van der Waals surface area contributed by atoms with Crippen molar-refractivity contribution in [3.63, 3.8) is 0 Å². The summed E-state index contributed by atoms with van der Waals surface area (Å²) in [5.41, 5.74) is 0.760. The number of rotatable bonds is 10. The highest BCUT2D eigenvalue weighted by molar-refractivity contribution is 7.92. The Morgan fingerprint density at radius 3 is 2.10 bits per heavy atom. The molecule has 3 aromatic carbocycles. The number of carbonyl (C=O) groups is 2. The molecule has 11 heteroatoms. The molecule has 1 fully saturated rings.